The van der Waals surface area contributed by atoms with Crippen LogP contribution >= 0.6 is 23.2 Å². The van der Waals surface area contributed by atoms with E-state index in [0.717, 1.165) is 31.4 Å². The maximum atomic E-state index is 6.05. The third kappa shape index (κ3) is 4.61. The Morgan fingerprint density at radius 1 is 1.30 bits per heavy atom. The summed E-state index contributed by atoms with van der Waals surface area (Å²) in [5, 5.41) is 1.14. The molecule has 2 unspecified atom stereocenters. The summed E-state index contributed by atoms with van der Waals surface area (Å²) in [4.78, 5) is 0. The van der Waals surface area contributed by atoms with Crippen LogP contribution < -0.4 is 5.73 Å². The van der Waals surface area contributed by atoms with Crippen molar-refractivity contribution in [3.05, 3.63) is 33.8 Å². The van der Waals surface area contributed by atoms with Gasteiger partial charge in [0.25, 0.3) is 0 Å². The van der Waals surface area contributed by atoms with E-state index in [1.165, 1.54) is 6.42 Å². The molecule has 1 aliphatic heterocycles. The molecule has 1 saturated heterocycles. The lowest BCUT2D eigenvalue weighted by atomic mass is 9.96. The number of hydrogen-bond donors (Lipinski definition) is 1. The van der Waals surface area contributed by atoms with Crippen LogP contribution in [-0.2, 0) is 9.47 Å². The molecule has 0 aliphatic carbocycles. The number of ether oxygens (including phenoxy) is 2. The quantitative estimate of drug-likeness (QED) is 0.863. The SMILES string of the molecule is NCC(CCOC1CCCCO1)c1ccc(Cl)c(Cl)c1. The van der Waals surface area contributed by atoms with Gasteiger partial charge in [-0.15, -0.1) is 0 Å². The van der Waals surface area contributed by atoms with Crippen molar-refractivity contribution in [1.82, 2.24) is 0 Å². The average Bonchev–Trinajstić information content (AvgIpc) is 2.48. The van der Waals surface area contributed by atoms with E-state index in [1.807, 2.05) is 18.2 Å². The van der Waals surface area contributed by atoms with Crippen LogP contribution in [0.2, 0.25) is 10.0 Å². The Labute approximate surface area is 130 Å². The zero-order valence-electron chi connectivity index (χ0n) is 11.5. The highest BCUT2D eigenvalue weighted by Gasteiger charge is 2.16. The predicted octanol–water partition coefficient (Wildman–Crippen LogP) is 3.97. The lowest BCUT2D eigenvalue weighted by molar-refractivity contribution is -0.163. The highest BCUT2D eigenvalue weighted by atomic mass is 35.5. The van der Waals surface area contributed by atoms with Crippen LogP contribution in [-0.4, -0.2) is 26.0 Å². The molecule has 1 fully saturated rings. The number of benzene rings is 1. The summed E-state index contributed by atoms with van der Waals surface area (Å²) < 4.78 is 11.3. The fourth-order valence-corrected chi connectivity index (χ4v) is 2.68. The van der Waals surface area contributed by atoms with Gasteiger partial charge in [0.15, 0.2) is 6.29 Å². The van der Waals surface area contributed by atoms with Crippen LogP contribution in [0.1, 0.15) is 37.2 Å². The van der Waals surface area contributed by atoms with Crippen molar-refractivity contribution in [2.75, 3.05) is 19.8 Å². The third-order valence-corrected chi connectivity index (χ3v) is 4.35. The number of nitrogens with two attached hydrogens (primary N) is 1. The number of hydrogen-bond acceptors (Lipinski definition) is 3. The van der Waals surface area contributed by atoms with Gasteiger partial charge < -0.3 is 15.2 Å². The van der Waals surface area contributed by atoms with Crippen LogP contribution in [0.5, 0.6) is 0 Å². The molecule has 1 aliphatic rings. The minimum atomic E-state index is -0.0454. The summed E-state index contributed by atoms with van der Waals surface area (Å²) in [7, 11) is 0. The summed E-state index contributed by atoms with van der Waals surface area (Å²) in [6.07, 6.45) is 4.11. The molecule has 3 nitrogen and oxygen atoms in total. The molecule has 0 saturated carbocycles. The summed E-state index contributed by atoms with van der Waals surface area (Å²) in [6, 6.07) is 5.67. The van der Waals surface area contributed by atoms with E-state index in [1.54, 1.807) is 0 Å². The molecule has 0 bridgehead atoms. The maximum Gasteiger partial charge on any atom is 0.157 e. The Hall–Kier alpha value is -0.320. The molecular weight excluding hydrogens is 297 g/mol. The zero-order chi connectivity index (χ0) is 14.4. The van der Waals surface area contributed by atoms with Gasteiger partial charge in [0.05, 0.1) is 16.7 Å². The second-order valence-electron chi connectivity index (χ2n) is 5.06. The Morgan fingerprint density at radius 3 is 2.80 bits per heavy atom. The Balaban J connectivity index is 1.83. The summed E-state index contributed by atoms with van der Waals surface area (Å²) in [5.41, 5.74) is 6.96. The van der Waals surface area contributed by atoms with Crippen LogP contribution in [0, 0.1) is 0 Å². The van der Waals surface area contributed by atoms with Gasteiger partial charge in [-0.3, -0.25) is 0 Å². The first-order chi connectivity index (χ1) is 9.70. The largest absolute Gasteiger partial charge is 0.353 e. The number of halogens is 2. The minimum Gasteiger partial charge on any atom is -0.353 e. The standard InChI is InChI=1S/C15H21Cl2NO2/c16-13-5-4-11(9-14(13)17)12(10-18)6-8-20-15-3-1-2-7-19-15/h4-5,9,12,15H,1-3,6-8,10,18H2. The van der Waals surface area contributed by atoms with Gasteiger partial charge in [0.2, 0.25) is 0 Å². The Bertz CT molecular complexity index is 422. The molecule has 20 heavy (non-hydrogen) atoms. The molecule has 0 aromatic heterocycles. The lowest BCUT2D eigenvalue weighted by Crippen LogP contribution is -2.24. The molecule has 2 N–H and O–H groups in total. The van der Waals surface area contributed by atoms with E-state index in [-0.39, 0.29) is 12.2 Å². The van der Waals surface area contributed by atoms with Crippen molar-refractivity contribution in [2.45, 2.75) is 37.9 Å². The molecule has 0 amide bonds. The van der Waals surface area contributed by atoms with Crippen molar-refractivity contribution < 1.29 is 9.47 Å². The third-order valence-electron chi connectivity index (χ3n) is 3.61. The molecule has 2 rings (SSSR count). The highest BCUT2D eigenvalue weighted by molar-refractivity contribution is 6.42. The predicted molar refractivity (Wildman–Crippen MR) is 82.4 cm³/mol. The molecule has 2 atom stereocenters. The zero-order valence-corrected chi connectivity index (χ0v) is 13.0. The van der Waals surface area contributed by atoms with Gasteiger partial charge in [0, 0.05) is 6.61 Å². The summed E-state index contributed by atoms with van der Waals surface area (Å²) >= 11 is 12.0. The van der Waals surface area contributed by atoms with E-state index in [2.05, 4.69) is 0 Å². The van der Waals surface area contributed by atoms with Crippen LogP contribution in [0.15, 0.2) is 18.2 Å². The van der Waals surface area contributed by atoms with Crippen LogP contribution in [0.3, 0.4) is 0 Å². The van der Waals surface area contributed by atoms with E-state index in [4.69, 9.17) is 38.4 Å². The van der Waals surface area contributed by atoms with Gasteiger partial charge >= 0.3 is 0 Å². The van der Waals surface area contributed by atoms with E-state index < -0.39 is 0 Å². The van der Waals surface area contributed by atoms with Crippen molar-refractivity contribution in [2.24, 2.45) is 5.73 Å². The van der Waals surface area contributed by atoms with Gasteiger partial charge in [-0.2, -0.15) is 0 Å². The van der Waals surface area contributed by atoms with E-state index >= 15 is 0 Å². The molecule has 5 heteroatoms. The highest BCUT2D eigenvalue weighted by Crippen LogP contribution is 2.28. The fraction of sp³-hybridized carbons (Fsp3) is 0.600. The first-order valence-corrected chi connectivity index (χ1v) is 7.84. The van der Waals surface area contributed by atoms with E-state index in [9.17, 15) is 0 Å². The minimum absolute atomic E-state index is 0.0454. The normalized spacial score (nSPS) is 20.9. The van der Waals surface area contributed by atoms with Crippen LogP contribution in [0.4, 0.5) is 0 Å². The maximum absolute atomic E-state index is 6.05. The first kappa shape index (κ1) is 16.1. The van der Waals surface area contributed by atoms with Crippen molar-refractivity contribution in [1.29, 1.82) is 0 Å². The molecule has 1 heterocycles. The van der Waals surface area contributed by atoms with Crippen molar-refractivity contribution >= 4 is 23.2 Å². The van der Waals surface area contributed by atoms with Crippen molar-refractivity contribution in [3.63, 3.8) is 0 Å². The van der Waals surface area contributed by atoms with Gasteiger partial charge in [0.1, 0.15) is 0 Å². The number of rotatable bonds is 6. The summed E-state index contributed by atoms with van der Waals surface area (Å²) in [5.74, 6) is 0.230. The summed E-state index contributed by atoms with van der Waals surface area (Å²) in [6.45, 7) is 2.01. The fourth-order valence-electron chi connectivity index (χ4n) is 2.37. The molecular formula is C15H21Cl2NO2. The lowest BCUT2D eigenvalue weighted by Gasteiger charge is -2.24. The molecule has 0 radical (unpaired) electrons. The second kappa shape index (κ2) is 8.20. The molecule has 1 aromatic carbocycles. The van der Waals surface area contributed by atoms with Gasteiger partial charge in [-0.1, -0.05) is 29.3 Å². The Morgan fingerprint density at radius 2 is 2.15 bits per heavy atom. The molecule has 112 valence electrons. The Kier molecular flexibility index (Phi) is 6.59. The van der Waals surface area contributed by atoms with Crippen LogP contribution in [0.25, 0.3) is 0 Å². The van der Waals surface area contributed by atoms with Gasteiger partial charge in [-0.05, 0) is 55.8 Å². The first-order valence-electron chi connectivity index (χ1n) is 7.09. The van der Waals surface area contributed by atoms with Crippen molar-refractivity contribution in [3.8, 4) is 0 Å². The molecule has 0 spiro atoms. The second-order valence-corrected chi connectivity index (χ2v) is 5.88. The topological polar surface area (TPSA) is 44.5 Å². The smallest absolute Gasteiger partial charge is 0.157 e. The van der Waals surface area contributed by atoms with E-state index in [0.29, 0.717) is 23.2 Å². The molecule has 1 aromatic rings. The monoisotopic (exact) mass is 317 g/mol. The average molecular weight is 318 g/mol. The van der Waals surface area contributed by atoms with Gasteiger partial charge in [-0.25, -0.2) is 0 Å².